The van der Waals surface area contributed by atoms with Crippen molar-refractivity contribution in [3.63, 3.8) is 0 Å². The van der Waals surface area contributed by atoms with E-state index in [1.807, 2.05) is 13.8 Å². The van der Waals surface area contributed by atoms with Crippen LogP contribution >= 0.6 is 0 Å². The van der Waals surface area contributed by atoms with E-state index < -0.39 is 18.3 Å². The van der Waals surface area contributed by atoms with Crippen molar-refractivity contribution in [1.29, 1.82) is 0 Å². The van der Waals surface area contributed by atoms with Crippen molar-refractivity contribution in [2.24, 2.45) is 5.92 Å². The van der Waals surface area contributed by atoms with Crippen LogP contribution in [-0.4, -0.2) is 30.0 Å². The lowest BCUT2D eigenvalue weighted by Gasteiger charge is -2.34. The Morgan fingerprint density at radius 1 is 1.25 bits per heavy atom. The van der Waals surface area contributed by atoms with E-state index in [4.69, 9.17) is 0 Å². The molecule has 0 saturated carbocycles. The summed E-state index contributed by atoms with van der Waals surface area (Å²) in [5.41, 5.74) is -0.801. The van der Waals surface area contributed by atoms with E-state index in [1.165, 1.54) is 0 Å². The monoisotopic (exact) mass is 241 g/mol. The Bertz CT molecular complexity index is 190. The number of hydrogen-bond donors (Lipinski definition) is 2. The van der Waals surface area contributed by atoms with Gasteiger partial charge in [-0.2, -0.15) is 13.2 Å². The highest BCUT2D eigenvalue weighted by molar-refractivity contribution is 4.88. The van der Waals surface area contributed by atoms with Crippen LogP contribution in [0.1, 0.15) is 40.0 Å². The number of rotatable bonds is 7. The van der Waals surface area contributed by atoms with E-state index in [9.17, 15) is 18.3 Å². The van der Waals surface area contributed by atoms with Gasteiger partial charge in [0.1, 0.15) is 0 Å². The molecule has 0 fully saturated rings. The van der Waals surface area contributed by atoms with Gasteiger partial charge >= 0.3 is 6.18 Å². The molecule has 16 heavy (non-hydrogen) atoms. The van der Waals surface area contributed by atoms with E-state index in [1.54, 1.807) is 6.92 Å². The van der Waals surface area contributed by atoms with E-state index >= 15 is 0 Å². The summed E-state index contributed by atoms with van der Waals surface area (Å²) >= 11 is 0. The summed E-state index contributed by atoms with van der Waals surface area (Å²) in [7, 11) is 0. The normalized spacial score (nSPS) is 18.2. The third-order valence-corrected chi connectivity index (χ3v) is 3.08. The van der Waals surface area contributed by atoms with Crippen LogP contribution in [-0.2, 0) is 0 Å². The first-order valence-corrected chi connectivity index (χ1v) is 5.71. The Morgan fingerprint density at radius 2 is 1.81 bits per heavy atom. The topological polar surface area (TPSA) is 32.3 Å². The molecule has 0 aliphatic heterocycles. The molecule has 5 heteroatoms. The van der Waals surface area contributed by atoms with E-state index in [0.29, 0.717) is 18.8 Å². The average Bonchev–Trinajstić information content (AvgIpc) is 2.23. The van der Waals surface area contributed by atoms with Crippen LogP contribution in [0.15, 0.2) is 0 Å². The van der Waals surface area contributed by atoms with E-state index in [0.717, 1.165) is 6.42 Å². The zero-order chi connectivity index (χ0) is 12.8. The van der Waals surface area contributed by atoms with Crippen LogP contribution in [0.4, 0.5) is 13.2 Å². The Hall–Kier alpha value is -0.290. The molecule has 0 radical (unpaired) electrons. The fourth-order valence-corrected chi connectivity index (χ4v) is 1.67. The molecule has 0 aliphatic rings. The van der Waals surface area contributed by atoms with Crippen LogP contribution in [0.5, 0.6) is 0 Å². The maximum Gasteiger partial charge on any atom is 0.401 e. The second kappa shape index (κ2) is 6.45. The fraction of sp³-hybridized carbons (Fsp3) is 1.00. The van der Waals surface area contributed by atoms with Gasteiger partial charge in [0.2, 0.25) is 0 Å². The predicted molar refractivity (Wildman–Crippen MR) is 58.2 cm³/mol. The number of nitrogens with one attached hydrogen (secondary N) is 1. The SMILES string of the molecule is CCC(C)CC(CC)(CO)NCC(F)(F)F. The molecule has 0 aromatic rings. The molecule has 0 amide bonds. The summed E-state index contributed by atoms with van der Waals surface area (Å²) in [4.78, 5) is 0. The minimum absolute atomic E-state index is 0.260. The molecule has 0 aliphatic carbocycles. The molecule has 0 aromatic heterocycles. The van der Waals surface area contributed by atoms with Gasteiger partial charge in [-0.25, -0.2) is 0 Å². The molecule has 2 atom stereocenters. The molecule has 0 heterocycles. The number of alkyl halides is 3. The number of hydrogen-bond acceptors (Lipinski definition) is 2. The van der Waals surface area contributed by atoms with Crippen LogP contribution in [0.2, 0.25) is 0 Å². The summed E-state index contributed by atoms with van der Waals surface area (Å²) in [5, 5.41) is 11.8. The lowest BCUT2D eigenvalue weighted by atomic mass is 9.85. The van der Waals surface area contributed by atoms with E-state index in [-0.39, 0.29) is 6.61 Å². The van der Waals surface area contributed by atoms with Gasteiger partial charge in [0.15, 0.2) is 0 Å². The minimum atomic E-state index is -4.23. The van der Waals surface area contributed by atoms with Gasteiger partial charge < -0.3 is 10.4 Å². The van der Waals surface area contributed by atoms with Crippen molar-refractivity contribution in [2.45, 2.75) is 51.7 Å². The summed E-state index contributed by atoms with van der Waals surface area (Å²) in [5.74, 6) is 0.299. The van der Waals surface area contributed by atoms with Crippen LogP contribution in [0, 0.1) is 5.92 Å². The second-order valence-corrected chi connectivity index (χ2v) is 4.48. The summed E-state index contributed by atoms with van der Waals surface area (Å²) in [6.45, 7) is 4.46. The van der Waals surface area contributed by atoms with Gasteiger partial charge in [-0.3, -0.25) is 0 Å². The highest BCUT2D eigenvalue weighted by atomic mass is 19.4. The summed E-state index contributed by atoms with van der Waals surface area (Å²) < 4.78 is 36.4. The third kappa shape index (κ3) is 5.70. The van der Waals surface area contributed by atoms with Crippen LogP contribution in [0.25, 0.3) is 0 Å². The first-order chi connectivity index (χ1) is 7.28. The smallest absolute Gasteiger partial charge is 0.394 e. The van der Waals surface area contributed by atoms with Gasteiger partial charge in [0.25, 0.3) is 0 Å². The van der Waals surface area contributed by atoms with Gasteiger partial charge in [-0.05, 0) is 18.8 Å². The number of halogens is 3. The van der Waals surface area contributed by atoms with Crippen molar-refractivity contribution in [1.82, 2.24) is 5.32 Å². The van der Waals surface area contributed by atoms with Gasteiger partial charge in [-0.1, -0.05) is 27.2 Å². The maximum absolute atomic E-state index is 12.1. The van der Waals surface area contributed by atoms with E-state index in [2.05, 4.69) is 5.32 Å². The van der Waals surface area contributed by atoms with Crippen molar-refractivity contribution in [2.75, 3.05) is 13.2 Å². The quantitative estimate of drug-likeness (QED) is 0.718. The average molecular weight is 241 g/mol. The standard InChI is InChI=1S/C11H22F3NO/c1-4-9(3)6-10(5-2,8-16)15-7-11(12,13)14/h9,15-16H,4-8H2,1-3H3. The molecular formula is C11H22F3NO. The summed E-state index contributed by atoms with van der Waals surface area (Å²) in [6, 6.07) is 0. The third-order valence-electron chi connectivity index (χ3n) is 3.08. The van der Waals surface area contributed by atoms with Crippen LogP contribution in [0.3, 0.4) is 0 Å². The Balaban J connectivity index is 4.43. The fourth-order valence-electron chi connectivity index (χ4n) is 1.67. The van der Waals surface area contributed by atoms with Gasteiger partial charge in [0.05, 0.1) is 13.2 Å². The highest BCUT2D eigenvalue weighted by Gasteiger charge is 2.34. The van der Waals surface area contributed by atoms with Crippen molar-refractivity contribution in [3.8, 4) is 0 Å². The van der Waals surface area contributed by atoms with Gasteiger partial charge in [-0.15, -0.1) is 0 Å². The Labute approximate surface area is 95.2 Å². The summed E-state index contributed by atoms with van der Waals surface area (Å²) in [6.07, 6.45) is -2.28. The Morgan fingerprint density at radius 3 is 2.12 bits per heavy atom. The number of aliphatic hydroxyl groups is 1. The molecule has 0 rings (SSSR count). The lowest BCUT2D eigenvalue weighted by Crippen LogP contribution is -2.52. The van der Waals surface area contributed by atoms with Crippen molar-refractivity contribution >= 4 is 0 Å². The molecule has 98 valence electrons. The maximum atomic E-state index is 12.1. The minimum Gasteiger partial charge on any atom is -0.394 e. The first kappa shape index (κ1) is 15.7. The zero-order valence-electron chi connectivity index (χ0n) is 10.2. The highest BCUT2D eigenvalue weighted by Crippen LogP contribution is 2.24. The largest absolute Gasteiger partial charge is 0.401 e. The lowest BCUT2D eigenvalue weighted by molar-refractivity contribution is -0.130. The zero-order valence-corrected chi connectivity index (χ0v) is 10.2. The molecule has 0 bridgehead atoms. The van der Waals surface area contributed by atoms with Crippen molar-refractivity contribution in [3.05, 3.63) is 0 Å². The van der Waals surface area contributed by atoms with Crippen LogP contribution < -0.4 is 5.32 Å². The molecule has 2 N–H and O–H groups in total. The molecule has 2 unspecified atom stereocenters. The molecule has 0 spiro atoms. The predicted octanol–water partition coefficient (Wildman–Crippen LogP) is 2.72. The molecular weight excluding hydrogens is 219 g/mol. The van der Waals surface area contributed by atoms with Gasteiger partial charge in [0, 0.05) is 5.54 Å². The molecule has 2 nitrogen and oxygen atoms in total. The second-order valence-electron chi connectivity index (χ2n) is 4.48. The molecule has 0 aromatic carbocycles. The number of aliphatic hydroxyl groups excluding tert-OH is 1. The van der Waals surface area contributed by atoms with Crippen molar-refractivity contribution < 1.29 is 18.3 Å². The first-order valence-electron chi connectivity index (χ1n) is 5.71. The Kier molecular flexibility index (Phi) is 6.33. The molecule has 0 saturated heterocycles.